The first-order valence-corrected chi connectivity index (χ1v) is 6.47. The van der Waals surface area contributed by atoms with Crippen LogP contribution in [0.5, 0.6) is 5.75 Å². The monoisotopic (exact) mass is 284 g/mol. The van der Waals surface area contributed by atoms with E-state index in [4.69, 9.17) is 5.73 Å². The van der Waals surface area contributed by atoms with E-state index in [9.17, 15) is 15.0 Å². The average molecular weight is 284 g/mol. The summed E-state index contributed by atoms with van der Waals surface area (Å²) < 4.78 is 0. The maximum atomic E-state index is 11.9. The fraction of sp³-hybridized carbons (Fsp3) is 0.125. The van der Waals surface area contributed by atoms with Crippen LogP contribution in [-0.2, 0) is 4.79 Å². The number of phenolic OH excluding ortho intramolecular Hbond substituents is 1. The van der Waals surface area contributed by atoms with Gasteiger partial charge < -0.3 is 15.9 Å². The van der Waals surface area contributed by atoms with Gasteiger partial charge in [-0.05, 0) is 41.3 Å². The lowest BCUT2D eigenvalue weighted by atomic mass is 9.93. The van der Waals surface area contributed by atoms with Gasteiger partial charge in [-0.1, -0.05) is 18.2 Å². The predicted octanol–water partition coefficient (Wildman–Crippen LogP) is 1.57. The number of aliphatic hydroxyl groups excluding tert-OH is 1. The van der Waals surface area contributed by atoms with Crippen LogP contribution in [0.1, 0.15) is 17.5 Å². The molecule has 0 saturated carbocycles. The van der Waals surface area contributed by atoms with E-state index in [2.05, 4.69) is 4.98 Å². The van der Waals surface area contributed by atoms with Gasteiger partial charge in [-0.25, -0.2) is 0 Å². The van der Waals surface area contributed by atoms with Crippen molar-refractivity contribution in [1.29, 1.82) is 0 Å². The molecule has 1 heterocycles. The van der Waals surface area contributed by atoms with Crippen LogP contribution in [0.25, 0.3) is 11.1 Å². The van der Waals surface area contributed by atoms with Crippen molar-refractivity contribution >= 4 is 17.1 Å². The number of carbonyl (C=O) groups excluding carboxylic acids is 1. The number of aromatic nitrogens is 1. The molecule has 1 aromatic heterocycles. The van der Waals surface area contributed by atoms with E-state index in [1.54, 1.807) is 36.7 Å². The van der Waals surface area contributed by atoms with Crippen LogP contribution in [0.3, 0.4) is 0 Å². The van der Waals surface area contributed by atoms with Gasteiger partial charge in [-0.2, -0.15) is 0 Å². The molecule has 0 aliphatic carbocycles. The van der Waals surface area contributed by atoms with Crippen LogP contribution in [0.2, 0.25) is 0 Å². The molecule has 0 saturated heterocycles. The van der Waals surface area contributed by atoms with Crippen LogP contribution in [0.4, 0.5) is 0 Å². The summed E-state index contributed by atoms with van der Waals surface area (Å²) >= 11 is 0. The molecule has 5 nitrogen and oxygen atoms in total. The molecule has 0 radical (unpaired) electrons. The third-order valence-electron chi connectivity index (χ3n) is 3.05. The fourth-order valence-electron chi connectivity index (χ4n) is 2.19. The van der Waals surface area contributed by atoms with Crippen molar-refractivity contribution in [3.05, 3.63) is 59.9 Å². The zero-order chi connectivity index (χ0) is 15.2. The molecule has 21 heavy (non-hydrogen) atoms. The minimum atomic E-state index is -0.618. The van der Waals surface area contributed by atoms with Gasteiger partial charge in [-0.15, -0.1) is 0 Å². The number of hydrogen-bond acceptors (Lipinski definition) is 4. The molecule has 2 aromatic rings. The summed E-state index contributed by atoms with van der Waals surface area (Å²) in [4.78, 5) is 15.9. The maximum absolute atomic E-state index is 11.9. The van der Waals surface area contributed by atoms with Crippen LogP contribution in [-0.4, -0.2) is 27.7 Å². The number of primary amides is 1. The Bertz CT molecular complexity index is 666. The molecule has 2 rings (SSSR count). The van der Waals surface area contributed by atoms with Gasteiger partial charge in [0.15, 0.2) is 0 Å². The molecule has 0 aliphatic heterocycles. The average Bonchev–Trinajstić information content (AvgIpc) is 2.47. The van der Waals surface area contributed by atoms with Gasteiger partial charge in [0.25, 0.3) is 0 Å². The number of nitrogens with two attached hydrogens (primary N) is 1. The Morgan fingerprint density at radius 2 is 1.95 bits per heavy atom. The smallest absolute Gasteiger partial charge is 0.249 e. The molecule has 0 atom stereocenters. The Kier molecular flexibility index (Phi) is 4.68. The number of rotatable bonds is 5. The van der Waals surface area contributed by atoms with E-state index in [-0.39, 0.29) is 24.4 Å². The Hall–Kier alpha value is -2.66. The summed E-state index contributed by atoms with van der Waals surface area (Å²) in [6, 6.07) is 9.84. The van der Waals surface area contributed by atoms with Gasteiger partial charge in [-0.3, -0.25) is 9.78 Å². The summed E-state index contributed by atoms with van der Waals surface area (Å²) in [5.74, 6) is -0.575. The number of pyridine rings is 1. The van der Waals surface area contributed by atoms with Crippen LogP contribution in [0.15, 0.2) is 48.8 Å². The van der Waals surface area contributed by atoms with E-state index in [1.807, 2.05) is 0 Å². The first kappa shape index (κ1) is 14.7. The normalized spacial score (nSPS) is 11.9. The molecule has 0 unspecified atom stereocenters. The van der Waals surface area contributed by atoms with Crippen LogP contribution < -0.4 is 5.73 Å². The molecule has 0 spiro atoms. The number of phenols is 1. The van der Waals surface area contributed by atoms with E-state index in [0.29, 0.717) is 16.7 Å². The van der Waals surface area contributed by atoms with E-state index < -0.39 is 5.91 Å². The minimum Gasteiger partial charge on any atom is -0.508 e. The van der Waals surface area contributed by atoms with Crippen molar-refractivity contribution in [3.8, 4) is 5.75 Å². The summed E-state index contributed by atoms with van der Waals surface area (Å²) in [5, 5.41) is 18.9. The lowest BCUT2D eigenvalue weighted by Gasteiger charge is -2.13. The second kappa shape index (κ2) is 6.67. The number of hydrogen-bond donors (Lipinski definition) is 3. The van der Waals surface area contributed by atoms with Crippen molar-refractivity contribution in [3.63, 3.8) is 0 Å². The zero-order valence-electron chi connectivity index (χ0n) is 11.4. The van der Waals surface area contributed by atoms with Crippen molar-refractivity contribution in [2.24, 2.45) is 5.73 Å². The highest BCUT2D eigenvalue weighted by Gasteiger charge is 2.17. The van der Waals surface area contributed by atoms with E-state index in [1.165, 1.54) is 12.1 Å². The fourth-order valence-corrected chi connectivity index (χ4v) is 2.19. The highest BCUT2D eigenvalue weighted by atomic mass is 16.3. The first-order valence-electron chi connectivity index (χ1n) is 6.47. The molecule has 4 N–H and O–H groups in total. The maximum Gasteiger partial charge on any atom is 0.249 e. The highest BCUT2D eigenvalue weighted by Crippen LogP contribution is 2.29. The second-order valence-electron chi connectivity index (χ2n) is 4.48. The van der Waals surface area contributed by atoms with Crippen molar-refractivity contribution in [2.45, 2.75) is 6.42 Å². The highest BCUT2D eigenvalue weighted by molar-refractivity contribution is 6.26. The van der Waals surface area contributed by atoms with Crippen molar-refractivity contribution in [2.75, 3.05) is 6.61 Å². The number of aliphatic hydroxyl groups is 1. The lowest BCUT2D eigenvalue weighted by molar-refractivity contribution is -0.112. The molecule has 0 bridgehead atoms. The van der Waals surface area contributed by atoms with Crippen molar-refractivity contribution < 1.29 is 15.0 Å². The molecule has 1 aromatic carbocycles. The van der Waals surface area contributed by atoms with Crippen LogP contribution >= 0.6 is 0 Å². The number of nitrogens with zero attached hydrogens (tertiary/aromatic N) is 1. The largest absolute Gasteiger partial charge is 0.508 e. The molecular formula is C16H16N2O3. The Morgan fingerprint density at radius 3 is 2.52 bits per heavy atom. The Labute approximate surface area is 122 Å². The Morgan fingerprint density at radius 1 is 1.19 bits per heavy atom. The third kappa shape index (κ3) is 3.46. The lowest BCUT2D eigenvalue weighted by Crippen LogP contribution is -2.15. The zero-order valence-corrected chi connectivity index (χ0v) is 11.4. The number of benzene rings is 1. The molecular weight excluding hydrogens is 268 g/mol. The molecule has 5 heteroatoms. The van der Waals surface area contributed by atoms with Gasteiger partial charge in [0.2, 0.25) is 5.91 Å². The van der Waals surface area contributed by atoms with E-state index >= 15 is 0 Å². The second-order valence-corrected chi connectivity index (χ2v) is 4.48. The molecule has 108 valence electrons. The van der Waals surface area contributed by atoms with E-state index in [0.717, 1.165) is 0 Å². The number of amides is 1. The molecule has 0 fully saturated rings. The summed E-state index contributed by atoms with van der Waals surface area (Å²) in [6.45, 7) is -0.125. The summed E-state index contributed by atoms with van der Waals surface area (Å²) in [5.41, 5.74) is 7.60. The SMILES string of the molecule is NC(=O)C(=C(CCO)c1cccnc1)c1cccc(O)c1. The van der Waals surface area contributed by atoms with Gasteiger partial charge >= 0.3 is 0 Å². The topological polar surface area (TPSA) is 96.4 Å². The van der Waals surface area contributed by atoms with Gasteiger partial charge in [0.05, 0.1) is 5.57 Å². The summed E-state index contributed by atoms with van der Waals surface area (Å²) in [6.07, 6.45) is 3.49. The van der Waals surface area contributed by atoms with Gasteiger partial charge in [0.1, 0.15) is 5.75 Å². The van der Waals surface area contributed by atoms with Gasteiger partial charge in [0, 0.05) is 19.0 Å². The standard InChI is InChI=1S/C16H16N2O3/c17-16(21)15(11-3-1-5-13(20)9-11)14(6-8-19)12-4-2-7-18-10-12/h1-5,7,9-10,19-20H,6,8H2,(H2,17,21). The third-order valence-corrected chi connectivity index (χ3v) is 3.05. The van der Waals surface area contributed by atoms with Crippen molar-refractivity contribution in [1.82, 2.24) is 4.98 Å². The molecule has 1 amide bonds. The first-order chi connectivity index (χ1) is 10.1. The molecule has 0 aliphatic rings. The minimum absolute atomic E-state index is 0.0424. The Balaban J connectivity index is 2.67. The predicted molar refractivity (Wildman–Crippen MR) is 80.1 cm³/mol. The quantitative estimate of drug-likeness (QED) is 0.726. The summed E-state index contributed by atoms with van der Waals surface area (Å²) in [7, 11) is 0. The number of carbonyl (C=O) groups is 1. The van der Waals surface area contributed by atoms with Crippen LogP contribution in [0, 0.1) is 0 Å². The number of aromatic hydroxyl groups is 1.